The molecule has 32 heavy (non-hydrogen) atoms. The van der Waals surface area contributed by atoms with Gasteiger partial charge < -0.3 is 15.0 Å². The molecule has 0 aliphatic carbocycles. The first-order chi connectivity index (χ1) is 15.3. The van der Waals surface area contributed by atoms with E-state index in [-0.39, 0.29) is 11.8 Å². The molecule has 0 saturated carbocycles. The van der Waals surface area contributed by atoms with Crippen LogP contribution >= 0.6 is 0 Å². The van der Waals surface area contributed by atoms with Crippen molar-refractivity contribution >= 4 is 11.8 Å². The Kier molecular flexibility index (Phi) is 5.74. The molecule has 2 amide bonds. The third-order valence-corrected chi connectivity index (χ3v) is 5.53. The highest BCUT2D eigenvalue weighted by Crippen LogP contribution is 2.39. The van der Waals surface area contributed by atoms with Gasteiger partial charge in [-0.3, -0.25) is 9.59 Å². The van der Waals surface area contributed by atoms with Crippen LogP contribution in [0.3, 0.4) is 0 Å². The van der Waals surface area contributed by atoms with Gasteiger partial charge in [0.1, 0.15) is 11.8 Å². The molecule has 4 rings (SSSR count). The normalized spacial score (nSPS) is 15.4. The molecule has 5 nitrogen and oxygen atoms in total. The van der Waals surface area contributed by atoms with Gasteiger partial charge in [-0.2, -0.15) is 0 Å². The lowest BCUT2D eigenvalue weighted by Gasteiger charge is -2.33. The van der Waals surface area contributed by atoms with Crippen LogP contribution in [0.2, 0.25) is 0 Å². The monoisotopic (exact) mass is 428 g/mol. The van der Waals surface area contributed by atoms with Gasteiger partial charge in [0.05, 0.1) is 7.11 Å². The summed E-state index contributed by atoms with van der Waals surface area (Å²) in [4.78, 5) is 29.1. The maximum atomic E-state index is 13.8. The minimum absolute atomic E-state index is 0.165. The first kappa shape index (κ1) is 21.6. The number of nitrogens with one attached hydrogen (secondary N) is 1. The number of ether oxygens (including phenoxy) is 1. The molecule has 3 aromatic rings. The Hall–Kier alpha value is -3.60. The standard InChI is InChI=1S/C27H28N2O3/c1-27(2,3)28-25(30)24-22-11-7-5-9-20(22)21-10-6-8-12-23(21)26(31)29(24)17-18-13-15-19(32-4)16-14-18/h5-16,24H,17H2,1-4H3,(H,28,30). The third kappa shape index (κ3) is 4.24. The van der Waals surface area contributed by atoms with Crippen molar-refractivity contribution in [1.82, 2.24) is 10.2 Å². The molecular formula is C27H28N2O3. The lowest BCUT2D eigenvalue weighted by molar-refractivity contribution is -0.127. The number of amides is 2. The molecule has 164 valence electrons. The Balaban J connectivity index is 1.87. The molecule has 1 aliphatic rings. The average molecular weight is 429 g/mol. The van der Waals surface area contributed by atoms with Gasteiger partial charge in [-0.25, -0.2) is 0 Å². The van der Waals surface area contributed by atoms with Crippen molar-refractivity contribution in [3.63, 3.8) is 0 Å². The minimum atomic E-state index is -0.757. The summed E-state index contributed by atoms with van der Waals surface area (Å²) in [5, 5.41) is 3.09. The van der Waals surface area contributed by atoms with Crippen LogP contribution in [-0.2, 0) is 11.3 Å². The SMILES string of the molecule is COc1ccc(CN2C(=O)c3ccccc3-c3ccccc3C2C(=O)NC(C)(C)C)cc1. The number of rotatable bonds is 4. The second-order valence-corrected chi connectivity index (χ2v) is 9.06. The van der Waals surface area contributed by atoms with Crippen molar-refractivity contribution in [3.8, 4) is 16.9 Å². The quantitative estimate of drug-likeness (QED) is 0.638. The number of hydrogen-bond acceptors (Lipinski definition) is 3. The highest BCUT2D eigenvalue weighted by molar-refractivity contribution is 6.05. The number of methoxy groups -OCH3 is 1. The first-order valence-corrected chi connectivity index (χ1v) is 10.7. The van der Waals surface area contributed by atoms with Gasteiger partial charge in [0.2, 0.25) is 5.91 Å². The lowest BCUT2D eigenvalue weighted by atomic mass is 9.93. The van der Waals surface area contributed by atoms with Crippen LogP contribution in [0.5, 0.6) is 5.75 Å². The van der Waals surface area contributed by atoms with E-state index in [4.69, 9.17) is 4.74 Å². The van der Waals surface area contributed by atoms with E-state index in [1.54, 1.807) is 12.0 Å². The predicted octanol–water partition coefficient (Wildman–Crippen LogP) is 4.97. The minimum Gasteiger partial charge on any atom is -0.497 e. The number of hydrogen-bond donors (Lipinski definition) is 1. The van der Waals surface area contributed by atoms with Crippen LogP contribution in [0.1, 0.15) is 48.3 Å². The van der Waals surface area contributed by atoms with Gasteiger partial charge in [-0.05, 0) is 61.2 Å². The molecular weight excluding hydrogens is 400 g/mol. The molecule has 0 radical (unpaired) electrons. The maximum Gasteiger partial charge on any atom is 0.255 e. The van der Waals surface area contributed by atoms with Gasteiger partial charge in [0.25, 0.3) is 5.91 Å². The summed E-state index contributed by atoms with van der Waals surface area (Å²) in [7, 11) is 1.62. The van der Waals surface area contributed by atoms with Crippen molar-refractivity contribution in [2.75, 3.05) is 7.11 Å². The summed E-state index contributed by atoms with van der Waals surface area (Å²) in [6.07, 6.45) is 0. The van der Waals surface area contributed by atoms with Crippen LogP contribution in [0.25, 0.3) is 11.1 Å². The van der Waals surface area contributed by atoms with E-state index in [0.29, 0.717) is 12.1 Å². The van der Waals surface area contributed by atoms with Crippen molar-refractivity contribution in [2.24, 2.45) is 0 Å². The van der Waals surface area contributed by atoms with Crippen LogP contribution in [0, 0.1) is 0 Å². The number of nitrogens with zero attached hydrogens (tertiary/aromatic N) is 1. The third-order valence-electron chi connectivity index (χ3n) is 5.53. The molecule has 1 atom stereocenters. The Morgan fingerprint density at radius 1 is 0.906 bits per heavy atom. The summed E-state index contributed by atoms with van der Waals surface area (Å²) in [5.41, 5.74) is 3.66. The Morgan fingerprint density at radius 2 is 1.50 bits per heavy atom. The molecule has 0 spiro atoms. The second-order valence-electron chi connectivity index (χ2n) is 9.06. The lowest BCUT2D eigenvalue weighted by Crippen LogP contribution is -2.48. The van der Waals surface area contributed by atoms with Crippen LogP contribution in [0.15, 0.2) is 72.8 Å². The molecule has 1 aliphatic heterocycles. The summed E-state index contributed by atoms with van der Waals surface area (Å²) in [6, 6.07) is 22.2. The zero-order valence-corrected chi connectivity index (χ0v) is 18.9. The highest BCUT2D eigenvalue weighted by Gasteiger charge is 2.38. The fourth-order valence-corrected chi connectivity index (χ4v) is 4.14. The Bertz CT molecular complexity index is 1150. The van der Waals surface area contributed by atoms with Crippen molar-refractivity contribution in [1.29, 1.82) is 0 Å². The van der Waals surface area contributed by atoms with Crippen molar-refractivity contribution in [2.45, 2.75) is 38.9 Å². The Labute approximate surface area is 189 Å². The summed E-state index contributed by atoms with van der Waals surface area (Å²) < 4.78 is 5.26. The van der Waals surface area contributed by atoms with E-state index in [0.717, 1.165) is 28.0 Å². The number of carbonyl (C=O) groups is 2. The average Bonchev–Trinajstić information content (AvgIpc) is 2.87. The first-order valence-electron chi connectivity index (χ1n) is 10.7. The van der Waals surface area contributed by atoms with E-state index in [1.807, 2.05) is 93.6 Å². The van der Waals surface area contributed by atoms with Crippen molar-refractivity contribution in [3.05, 3.63) is 89.5 Å². The zero-order chi connectivity index (χ0) is 22.9. The van der Waals surface area contributed by atoms with Crippen LogP contribution < -0.4 is 10.1 Å². The molecule has 1 heterocycles. The van der Waals surface area contributed by atoms with E-state index in [1.165, 1.54) is 0 Å². The molecule has 0 aromatic heterocycles. The van der Waals surface area contributed by atoms with Gasteiger partial charge in [0, 0.05) is 17.6 Å². The number of fused-ring (bicyclic) bond motifs is 3. The molecule has 0 bridgehead atoms. The molecule has 0 saturated heterocycles. The van der Waals surface area contributed by atoms with E-state index < -0.39 is 11.6 Å². The molecule has 5 heteroatoms. The van der Waals surface area contributed by atoms with E-state index in [9.17, 15) is 9.59 Å². The number of carbonyl (C=O) groups excluding carboxylic acids is 2. The Morgan fingerprint density at radius 3 is 2.12 bits per heavy atom. The van der Waals surface area contributed by atoms with E-state index in [2.05, 4.69) is 5.32 Å². The predicted molar refractivity (Wildman–Crippen MR) is 125 cm³/mol. The highest BCUT2D eigenvalue weighted by atomic mass is 16.5. The molecule has 1 N–H and O–H groups in total. The summed E-state index contributed by atoms with van der Waals surface area (Å²) >= 11 is 0. The molecule has 1 unspecified atom stereocenters. The van der Waals surface area contributed by atoms with Gasteiger partial charge >= 0.3 is 0 Å². The molecule has 0 fully saturated rings. The largest absolute Gasteiger partial charge is 0.497 e. The van der Waals surface area contributed by atoms with E-state index >= 15 is 0 Å². The maximum absolute atomic E-state index is 13.8. The molecule has 3 aromatic carbocycles. The fourth-order valence-electron chi connectivity index (χ4n) is 4.14. The van der Waals surface area contributed by atoms with Crippen molar-refractivity contribution < 1.29 is 14.3 Å². The van der Waals surface area contributed by atoms with Gasteiger partial charge in [-0.15, -0.1) is 0 Å². The topological polar surface area (TPSA) is 58.6 Å². The second kappa shape index (κ2) is 8.50. The fraction of sp³-hybridized carbons (Fsp3) is 0.259. The smallest absolute Gasteiger partial charge is 0.255 e. The summed E-state index contributed by atoms with van der Waals surface area (Å²) in [6.45, 7) is 6.13. The zero-order valence-electron chi connectivity index (χ0n) is 18.9. The van der Waals surface area contributed by atoms with Gasteiger partial charge in [0.15, 0.2) is 0 Å². The van der Waals surface area contributed by atoms with Crippen LogP contribution in [0.4, 0.5) is 0 Å². The van der Waals surface area contributed by atoms with Gasteiger partial charge in [-0.1, -0.05) is 54.6 Å². The summed E-state index contributed by atoms with van der Waals surface area (Å²) in [5.74, 6) is 0.384. The number of benzene rings is 3. The van der Waals surface area contributed by atoms with Crippen LogP contribution in [-0.4, -0.2) is 29.4 Å².